The summed E-state index contributed by atoms with van der Waals surface area (Å²) in [6, 6.07) is 5.83. The largest absolute Gasteiger partial charge is 0.384 e. The molecule has 4 heteroatoms. The summed E-state index contributed by atoms with van der Waals surface area (Å²) in [7, 11) is 0. The van der Waals surface area contributed by atoms with E-state index in [1.54, 1.807) is 0 Å². The predicted molar refractivity (Wildman–Crippen MR) is 61.8 cm³/mol. The smallest absolute Gasteiger partial charge is 0.123 e. The summed E-state index contributed by atoms with van der Waals surface area (Å²) in [5.41, 5.74) is 6.73. The Morgan fingerprint density at radius 1 is 1.31 bits per heavy atom. The first-order chi connectivity index (χ1) is 7.79. The third-order valence-corrected chi connectivity index (χ3v) is 3.33. The molecule has 0 aliphatic carbocycles. The van der Waals surface area contributed by atoms with E-state index in [0.717, 1.165) is 25.3 Å². The normalized spacial score (nSPS) is 29.5. The molecule has 2 aliphatic rings. The van der Waals surface area contributed by atoms with Gasteiger partial charge in [-0.3, -0.25) is 4.90 Å². The summed E-state index contributed by atoms with van der Waals surface area (Å²) in [6.07, 6.45) is 3.32. The Labute approximate surface area is 95.4 Å². The van der Waals surface area contributed by atoms with Gasteiger partial charge in [0.2, 0.25) is 0 Å². The highest BCUT2D eigenvalue weighted by molar-refractivity contribution is 5.28. The molecule has 2 unspecified atom stereocenters. The summed E-state index contributed by atoms with van der Waals surface area (Å²) in [5, 5.41) is 0. The van der Waals surface area contributed by atoms with Crippen molar-refractivity contribution in [2.45, 2.75) is 31.6 Å². The van der Waals surface area contributed by atoms with Gasteiger partial charge < -0.3 is 10.5 Å². The maximum Gasteiger partial charge on any atom is 0.123 e. The SMILES string of the molecule is Nc1cccc(CN2CC3CCC(C2)O3)n1. The van der Waals surface area contributed by atoms with Crippen LogP contribution in [0.15, 0.2) is 18.2 Å². The van der Waals surface area contributed by atoms with Gasteiger partial charge in [-0.25, -0.2) is 4.98 Å². The molecule has 0 spiro atoms. The molecule has 4 nitrogen and oxygen atoms in total. The molecule has 0 radical (unpaired) electrons. The van der Waals surface area contributed by atoms with Gasteiger partial charge in [0.05, 0.1) is 17.9 Å². The van der Waals surface area contributed by atoms with Crippen LogP contribution in [-0.2, 0) is 11.3 Å². The molecule has 3 heterocycles. The minimum absolute atomic E-state index is 0.444. The fourth-order valence-corrected chi connectivity index (χ4v) is 2.64. The van der Waals surface area contributed by atoms with Gasteiger partial charge in [0.1, 0.15) is 5.82 Å². The van der Waals surface area contributed by atoms with E-state index in [4.69, 9.17) is 10.5 Å². The zero-order valence-corrected chi connectivity index (χ0v) is 9.30. The van der Waals surface area contributed by atoms with Crippen molar-refractivity contribution in [2.75, 3.05) is 18.8 Å². The van der Waals surface area contributed by atoms with E-state index in [9.17, 15) is 0 Å². The fraction of sp³-hybridized carbons (Fsp3) is 0.583. The van der Waals surface area contributed by atoms with Crippen molar-refractivity contribution in [3.05, 3.63) is 23.9 Å². The lowest BCUT2D eigenvalue weighted by molar-refractivity contribution is -0.0413. The quantitative estimate of drug-likeness (QED) is 0.807. The Bertz CT molecular complexity index is 370. The molecule has 0 amide bonds. The maximum atomic E-state index is 5.80. The molecule has 2 fully saturated rings. The predicted octanol–water partition coefficient (Wildman–Crippen LogP) is 1.03. The van der Waals surface area contributed by atoms with Gasteiger partial charge in [0.25, 0.3) is 0 Å². The summed E-state index contributed by atoms with van der Waals surface area (Å²) in [5.74, 6) is 0.605. The zero-order chi connectivity index (χ0) is 11.0. The number of nitrogens with zero attached hydrogens (tertiary/aromatic N) is 2. The van der Waals surface area contributed by atoms with E-state index in [-0.39, 0.29) is 0 Å². The van der Waals surface area contributed by atoms with E-state index in [1.165, 1.54) is 12.8 Å². The van der Waals surface area contributed by atoms with E-state index in [1.807, 2.05) is 18.2 Å². The van der Waals surface area contributed by atoms with Crippen molar-refractivity contribution in [1.82, 2.24) is 9.88 Å². The van der Waals surface area contributed by atoms with Crippen LogP contribution >= 0.6 is 0 Å². The Hall–Kier alpha value is -1.13. The van der Waals surface area contributed by atoms with Crippen LogP contribution in [0.2, 0.25) is 0 Å². The van der Waals surface area contributed by atoms with Crippen molar-refractivity contribution in [3.8, 4) is 0 Å². The van der Waals surface area contributed by atoms with Crippen LogP contribution in [-0.4, -0.2) is 35.2 Å². The van der Waals surface area contributed by atoms with Gasteiger partial charge in [-0.05, 0) is 25.0 Å². The third-order valence-electron chi connectivity index (χ3n) is 3.33. The lowest BCUT2D eigenvalue weighted by Crippen LogP contribution is -2.42. The summed E-state index contributed by atoms with van der Waals surface area (Å²) in [6.45, 7) is 2.96. The summed E-state index contributed by atoms with van der Waals surface area (Å²) >= 11 is 0. The maximum absolute atomic E-state index is 5.80. The molecule has 2 bridgehead atoms. The summed E-state index contributed by atoms with van der Waals surface area (Å²) < 4.78 is 5.80. The minimum atomic E-state index is 0.444. The van der Waals surface area contributed by atoms with Crippen LogP contribution in [0, 0.1) is 0 Å². The van der Waals surface area contributed by atoms with Gasteiger partial charge >= 0.3 is 0 Å². The van der Waals surface area contributed by atoms with E-state index < -0.39 is 0 Å². The Balaban J connectivity index is 1.67. The number of nitrogen functional groups attached to an aromatic ring is 1. The van der Waals surface area contributed by atoms with Gasteiger partial charge in [-0.2, -0.15) is 0 Å². The topological polar surface area (TPSA) is 51.4 Å². The Kier molecular flexibility index (Phi) is 2.53. The molecular weight excluding hydrogens is 202 g/mol. The number of hydrogen-bond donors (Lipinski definition) is 1. The van der Waals surface area contributed by atoms with Gasteiger partial charge in [-0.1, -0.05) is 6.07 Å². The molecule has 1 aromatic heterocycles. The van der Waals surface area contributed by atoms with Gasteiger partial charge in [-0.15, -0.1) is 0 Å². The zero-order valence-electron chi connectivity index (χ0n) is 9.30. The van der Waals surface area contributed by atoms with E-state index >= 15 is 0 Å². The number of morpholine rings is 1. The number of rotatable bonds is 2. The van der Waals surface area contributed by atoms with E-state index in [0.29, 0.717) is 18.0 Å². The number of fused-ring (bicyclic) bond motifs is 2. The number of anilines is 1. The highest BCUT2D eigenvalue weighted by Crippen LogP contribution is 2.26. The number of aromatic nitrogens is 1. The molecule has 16 heavy (non-hydrogen) atoms. The second-order valence-corrected chi connectivity index (χ2v) is 4.71. The minimum Gasteiger partial charge on any atom is -0.384 e. The van der Waals surface area contributed by atoms with Crippen LogP contribution < -0.4 is 5.73 Å². The number of pyridine rings is 1. The van der Waals surface area contributed by atoms with Crippen LogP contribution in [0.1, 0.15) is 18.5 Å². The first kappa shape index (κ1) is 10.1. The van der Waals surface area contributed by atoms with Gasteiger partial charge in [0, 0.05) is 19.6 Å². The first-order valence-corrected chi connectivity index (χ1v) is 5.89. The number of likely N-dealkylation sites (tertiary alicyclic amines) is 1. The highest BCUT2D eigenvalue weighted by Gasteiger charge is 2.33. The average Bonchev–Trinajstić information content (AvgIpc) is 2.58. The second-order valence-electron chi connectivity index (χ2n) is 4.71. The van der Waals surface area contributed by atoms with Crippen LogP contribution in [0.5, 0.6) is 0 Å². The lowest BCUT2D eigenvalue weighted by Gasteiger charge is -2.31. The number of ether oxygens (including phenoxy) is 1. The van der Waals surface area contributed by atoms with Crippen molar-refractivity contribution in [1.29, 1.82) is 0 Å². The highest BCUT2D eigenvalue weighted by atomic mass is 16.5. The fourth-order valence-electron chi connectivity index (χ4n) is 2.64. The molecule has 3 rings (SSSR count). The molecule has 1 aromatic rings. The van der Waals surface area contributed by atoms with Crippen molar-refractivity contribution < 1.29 is 4.74 Å². The summed E-state index contributed by atoms with van der Waals surface area (Å²) in [4.78, 5) is 6.76. The molecule has 0 saturated carbocycles. The molecule has 86 valence electrons. The molecular formula is C12H17N3O. The van der Waals surface area contributed by atoms with Gasteiger partial charge in [0.15, 0.2) is 0 Å². The Morgan fingerprint density at radius 2 is 2.06 bits per heavy atom. The van der Waals surface area contributed by atoms with Crippen molar-refractivity contribution in [2.24, 2.45) is 0 Å². The molecule has 2 atom stereocenters. The van der Waals surface area contributed by atoms with Crippen molar-refractivity contribution >= 4 is 5.82 Å². The third kappa shape index (κ3) is 2.03. The second kappa shape index (κ2) is 4.03. The number of nitrogens with two attached hydrogens (primary N) is 1. The standard InChI is InChI=1S/C12H17N3O/c13-12-3-1-2-9(14-12)6-15-7-10-4-5-11(8-15)16-10/h1-3,10-11H,4-8H2,(H2,13,14). The molecule has 2 N–H and O–H groups in total. The van der Waals surface area contributed by atoms with Crippen molar-refractivity contribution in [3.63, 3.8) is 0 Å². The van der Waals surface area contributed by atoms with Crippen LogP contribution in [0.25, 0.3) is 0 Å². The van der Waals surface area contributed by atoms with E-state index in [2.05, 4.69) is 9.88 Å². The molecule has 2 aliphatic heterocycles. The number of hydrogen-bond acceptors (Lipinski definition) is 4. The Morgan fingerprint density at radius 3 is 2.75 bits per heavy atom. The monoisotopic (exact) mass is 219 g/mol. The van der Waals surface area contributed by atoms with Crippen LogP contribution in [0.3, 0.4) is 0 Å². The van der Waals surface area contributed by atoms with Crippen LogP contribution in [0.4, 0.5) is 5.82 Å². The lowest BCUT2D eigenvalue weighted by atomic mass is 10.2. The average molecular weight is 219 g/mol. The first-order valence-electron chi connectivity index (χ1n) is 5.89. The molecule has 2 saturated heterocycles. The molecule has 0 aromatic carbocycles.